The topological polar surface area (TPSA) is 78.4 Å². The molecule has 0 atom stereocenters. The largest absolute Gasteiger partial charge is 0.350 e. The third-order valence-electron chi connectivity index (χ3n) is 5.07. The Bertz CT molecular complexity index is 1260. The smallest absolute Gasteiger partial charge is 0.306 e. The minimum Gasteiger partial charge on any atom is -0.306 e. The fraction of sp³-hybridized carbons (Fsp3) is 0.192. The number of carbonyl (C=O) groups excluding carboxylic acids is 1. The molecule has 0 aliphatic heterocycles. The molecule has 0 spiro atoms. The Morgan fingerprint density at radius 1 is 1.00 bits per heavy atom. The Labute approximate surface area is 197 Å². The molecule has 2 amide bonds. The molecule has 0 bridgehead atoms. The van der Waals surface area contributed by atoms with Crippen LogP contribution in [0, 0.1) is 6.92 Å². The third kappa shape index (κ3) is 5.10. The van der Waals surface area contributed by atoms with Crippen LogP contribution < -0.4 is 10.4 Å². The van der Waals surface area contributed by atoms with Crippen molar-refractivity contribution in [2.75, 3.05) is 10.4 Å². The van der Waals surface area contributed by atoms with E-state index in [0.29, 0.717) is 16.4 Å². The Kier molecular flexibility index (Phi) is 6.26. The number of nitrogens with one attached hydrogen (secondary N) is 1. The average Bonchev–Trinajstić information content (AvgIpc) is 3.27. The summed E-state index contributed by atoms with van der Waals surface area (Å²) in [6, 6.07) is 17.9. The fourth-order valence-electron chi connectivity index (χ4n) is 3.25. The SMILES string of the molecule is Cc1ccc(NC(=O)N(O)c2cccc(-c3sc(C(C)(C)C)nc3-c3ccncc3)c2)cc1. The number of rotatable bonds is 4. The Balaban J connectivity index is 1.68. The van der Waals surface area contributed by atoms with E-state index < -0.39 is 6.03 Å². The second-order valence-electron chi connectivity index (χ2n) is 8.84. The molecule has 4 aromatic rings. The van der Waals surface area contributed by atoms with Crippen molar-refractivity contribution in [1.82, 2.24) is 9.97 Å². The van der Waals surface area contributed by atoms with Gasteiger partial charge in [-0.3, -0.25) is 10.2 Å². The van der Waals surface area contributed by atoms with Crippen LogP contribution in [0.15, 0.2) is 73.1 Å². The van der Waals surface area contributed by atoms with Crippen molar-refractivity contribution < 1.29 is 10.0 Å². The summed E-state index contributed by atoms with van der Waals surface area (Å²) in [5.74, 6) is 0. The molecular weight excluding hydrogens is 432 g/mol. The number of hydrogen-bond acceptors (Lipinski definition) is 5. The monoisotopic (exact) mass is 458 g/mol. The number of aryl methyl sites for hydroxylation is 1. The number of aromatic nitrogens is 2. The molecule has 4 rings (SSSR count). The number of hydroxylamine groups is 1. The van der Waals surface area contributed by atoms with Crippen LogP contribution in [-0.2, 0) is 5.41 Å². The number of pyridine rings is 1. The normalized spacial score (nSPS) is 11.3. The molecule has 0 radical (unpaired) electrons. The van der Waals surface area contributed by atoms with Gasteiger partial charge in [0.1, 0.15) is 0 Å². The number of nitrogens with zero attached hydrogens (tertiary/aromatic N) is 3. The lowest BCUT2D eigenvalue weighted by Crippen LogP contribution is -2.31. The van der Waals surface area contributed by atoms with Crippen LogP contribution in [0.5, 0.6) is 0 Å². The number of benzene rings is 2. The second-order valence-corrected chi connectivity index (χ2v) is 9.84. The Hall–Kier alpha value is -3.55. The summed E-state index contributed by atoms with van der Waals surface area (Å²) in [7, 11) is 0. The molecule has 2 aromatic heterocycles. The van der Waals surface area contributed by atoms with Gasteiger partial charge in [0.05, 0.1) is 21.3 Å². The summed E-state index contributed by atoms with van der Waals surface area (Å²) in [6.07, 6.45) is 3.49. The molecule has 2 aromatic carbocycles. The van der Waals surface area contributed by atoms with E-state index in [4.69, 9.17) is 4.98 Å². The molecule has 0 saturated carbocycles. The molecule has 0 fully saturated rings. The molecule has 6 nitrogen and oxygen atoms in total. The standard InChI is InChI=1S/C26H26N4O2S/c1-17-8-10-20(11-9-17)28-25(31)30(32)21-7-5-6-19(16-21)23-22(18-12-14-27-15-13-18)29-24(33-23)26(2,3)4/h5-16,32H,1-4H3,(H,28,31). The minimum absolute atomic E-state index is 0.112. The van der Waals surface area contributed by atoms with Crippen LogP contribution in [0.3, 0.4) is 0 Å². The average molecular weight is 459 g/mol. The zero-order chi connectivity index (χ0) is 23.6. The lowest BCUT2D eigenvalue weighted by Gasteiger charge is -2.17. The maximum atomic E-state index is 12.6. The molecule has 33 heavy (non-hydrogen) atoms. The van der Waals surface area contributed by atoms with Crippen LogP contribution in [-0.4, -0.2) is 21.2 Å². The summed E-state index contributed by atoms with van der Waals surface area (Å²) in [4.78, 5) is 22.6. The van der Waals surface area contributed by atoms with Gasteiger partial charge in [-0.05, 0) is 48.9 Å². The van der Waals surface area contributed by atoms with Crippen molar-refractivity contribution in [2.24, 2.45) is 0 Å². The van der Waals surface area contributed by atoms with E-state index in [2.05, 4.69) is 31.1 Å². The maximum Gasteiger partial charge on any atom is 0.350 e. The van der Waals surface area contributed by atoms with Crippen LogP contribution in [0.25, 0.3) is 21.7 Å². The predicted molar refractivity (Wildman–Crippen MR) is 134 cm³/mol. The van der Waals surface area contributed by atoms with Crippen LogP contribution >= 0.6 is 11.3 Å². The first-order valence-electron chi connectivity index (χ1n) is 10.6. The van der Waals surface area contributed by atoms with E-state index in [-0.39, 0.29) is 5.41 Å². The van der Waals surface area contributed by atoms with Crippen molar-refractivity contribution >= 4 is 28.7 Å². The van der Waals surface area contributed by atoms with Gasteiger partial charge in [0.15, 0.2) is 0 Å². The molecular formula is C26H26N4O2S. The highest BCUT2D eigenvalue weighted by Gasteiger charge is 2.24. The minimum atomic E-state index is -0.634. The molecule has 7 heteroatoms. The van der Waals surface area contributed by atoms with E-state index >= 15 is 0 Å². The second kappa shape index (κ2) is 9.13. The number of urea groups is 1. The van der Waals surface area contributed by atoms with Gasteiger partial charge in [0.25, 0.3) is 0 Å². The number of thiazole rings is 1. The third-order valence-corrected chi connectivity index (χ3v) is 6.60. The Morgan fingerprint density at radius 2 is 1.70 bits per heavy atom. The van der Waals surface area contributed by atoms with Gasteiger partial charge in [-0.15, -0.1) is 11.3 Å². The van der Waals surface area contributed by atoms with Crippen molar-refractivity contribution in [2.45, 2.75) is 33.1 Å². The number of amides is 2. The number of hydrogen-bond donors (Lipinski definition) is 2. The molecule has 0 saturated heterocycles. The molecule has 2 heterocycles. The number of anilines is 2. The van der Waals surface area contributed by atoms with Gasteiger partial charge in [0, 0.05) is 29.1 Å². The highest BCUT2D eigenvalue weighted by Crippen LogP contribution is 2.41. The van der Waals surface area contributed by atoms with Crippen molar-refractivity contribution in [3.05, 3.63) is 83.6 Å². The molecule has 168 valence electrons. The van der Waals surface area contributed by atoms with Gasteiger partial charge in [-0.2, -0.15) is 5.06 Å². The highest BCUT2D eigenvalue weighted by atomic mass is 32.1. The van der Waals surface area contributed by atoms with Crippen molar-refractivity contribution in [3.8, 4) is 21.7 Å². The summed E-state index contributed by atoms with van der Waals surface area (Å²) >= 11 is 1.61. The van der Waals surface area contributed by atoms with Crippen LogP contribution in [0.4, 0.5) is 16.2 Å². The quantitative estimate of drug-likeness (QED) is 0.257. The van der Waals surface area contributed by atoms with Gasteiger partial charge in [0.2, 0.25) is 0 Å². The zero-order valence-corrected chi connectivity index (χ0v) is 19.9. The zero-order valence-electron chi connectivity index (χ0n) is 19.0. The first kappa shape index (κ1) is 22.6. The van der Waals surface area contributed by atoms with Gasteiger partial charge in [-0.25, -0.2) is 9.78 Å². The van der Waals surface area contributed by atoms with Crippen LogP contribution in [0.1, 0.15) is 31.3 Å². The van der Waals surface area contributed by atoms with E-state index in [1.807, 2.05) is 43.3 Å². The summed E-state index contributed by atoms with van der Waals surface area (Å²) in [5.41, 5.74) is 4.65. The van der Waals surface area contributed by atoms with E-state index in [9.17, 15) is 10.0 Å². The lowest BCUT2D eigenvalue weighted by atomic mass is 9.98. The summed E-state index contributed by atoms with van der Waals surface area (Å²) < 4.78 is 0. The van der Waals surface area contributed by atoms with Crippen molar-refractivity contribution in [3.63, 3.8) is 0 Å². The van der Waals surface area contributed by atoms with Crippen LogP contribution in [0.2, 0.25) is 0 Å². The first-order valence-corrected chi connectivity index (χ1v) is 11.4. The summed E-state index contributed by atoms with van der Waals surface area (Å²) in [6.45, 7) is 8.37. The predicted octanol–water partition coefficient (Wildman–Crippen LogP) is 6.91. The van der Waals surface area contributed by atoms with E-state index in [1.165, 1.54) is 0 Å². The molecule has 0 aliphatic carbocycles. The maximum absolute atomic E-state index is 12.6. The van der Waals surface area contributed by atoms with Gasteiger partial charge in [-0.1, -0.05) is 50.6 Å². The van der Waals surface area contributed by atoms with E-state index in [1.54, 1.807) is 48.0 Å². The molecule has 2 N–H and O–H groups in total. The molecule has 0 aliphatic rings. The van der Waals surface area contributed by atoms with Crippen molar-refractivity contribution in [1.29, 1.82) is 0 Å². The van der Waals surface area contributed by atoms with Gasteiger partial charge < -0.3 is 5.32 Å². The fourth-order valence-corrected chi connectivity index (χ4v) is 4.39. The van der Waals surface area contributed by atoms with Gasteiger partial charge >= 0.3 is 6.03 Å². The van der Waals surface area contributed by atoms with E-state index in [0.717, 1.165) is 32.3 Å². The highest BCUT2D eigenvalue weighted by molar-refractivity contribution is 7.15. The number of carbonyl (C=O) groups is 1. The molecule has 0 unspecified atom stereocenters. The Morgan fingerprint density at radius 3 is 2.36 bits per heavy atom. The first-order chi connectivity index (χ1) is 15.7. The summed E-state index contributed by atoms with van der Waals surface area (Å²) in [5, 5.41) is 14.9. The lowest BCUT2D eigenvalue weighted by molar-refractivity contribution is 0.216.